The second kappa shape index (κ2) is 10.7. The van der Waals surface area contributed by atoms with Gasteiger partial charge >= 0.3 is 5.97 Å². The van der Waals surface area contributed by atoms with Crippen molar-refractivity contribution in [3.05, 3.63) is 52.0 Å². The fourth-order valence-corrected chi connectivity index (χ4v) is 4.18. The van der Waals surface area contributed by atoms with Gasteiger partial charge in [0.1, 0.15) is 29.0 Å². The molecular weight excluding hydrogens is 430 g/mol. The Hall–Kier alpha value is -2.78. The molecule has 3 rings (SSSR count). The Kier molecular flexibility index (Phi) is 7.98. The highest BCUT2D eigenvalue weighted by molar-refractivity contribution is 7.09. The monoisotopic (exact) mass is 459 g/mol. The predicted octanol–water partition coefficient (Wildman–Crippen LogP) is 2.66. The highest BCUT2D eigenvalue weighted by Crippen LogP contribution is 2.25. The van der Waals surface area contributed by atoms with E-state index in [2.05, 4.69) is 15.3 Å². The number of aromatic nitrogens is 1. The zero-order valence-corrected chi connectivity index (χ0v) is 19.5. The Morgan fingerprint density at radius 3 is 2.69 bits per heavy atom. The largest absolute Gasteiger partial charge is 0.470 e. The fraction of sp³-hybridized carbons (Fsp3) is 0.478. The van der Waals surface area contributed by atoms with E-state index in [-0.39, 0.29) is 11.8 Å². The lowest BCUT2D eigenvalue weighted by molar-refractivity contribution is -0.146. The minimum atomic E-state index is -0.805. The van der Waals surface area contributed by atoms with Gasteiger partial charge in [0.15, 0.2) is 6.04 Å². The Balaban J connectivity index is 1.69. The molecule has 172 valence electrons. The van der Waals surface area contributed by atoms with Crippen molar-refractivity contribution in [1.82, 2.24) is 10.3 Å². The third kappa shape index (κ3) is 5.52. The summed E-state index contributed by atoms with van der Waals surface area (Å²) in [6, 6.07) is 8.13. The van der Waals surface area contributed by atoms with Gasteiger partial charge in [0.2, 0.25) is 11.8 Å². The topological polar surface area (TPSA) is 110 Å². The lowest BCUT2D eigenvalue weighted by Crippen LogP contribution is -2.50. The van der Waals surface area contributed by atoms with Crippen molar-refractivity contribution >= 4 is 29.1 Å². The summed E-state index contributed by atoms with van der Waals surface area (Å²) in [5, 5.41) is 15.6. The van der Waals surface area contributed by atoms with Crippen molar-refractivity contribution in [3.63, 3.8) is 0 Å². The Bertz CT molecular complexity index is 962. The zero-order chi connectivity index (χ0) is 23.3. The number of ether oxygens (including phenoxy) is 2. The minimum absolute atomic E-state index is 0.0836. The number of hydrogen-bond donors (Lipinski definition) is 2. The van der Waals surface area contributed by atoms with Gasteiger partial charge in [-0.25, -0.2) is 14.8 Å². The third-order valence-corrected chi connectivity index (χ3v) is 6.48. The molecular formula is C23H29N3O5S. The van der Waals surface area contributed by atoms with Crippen molar-refractivity contribution in [1.29, 1.82) is 0 Å². The van der Waals surface area contributed by atoms with Crippen LogP contribution < -0.4 is 5.32 Å². The molecule has 2 heterocycles. The summed E-state index contributed by atoms with van der Waals surface area (Å²) in [5.41, 5.74) is 1.49. The van der Waals surface area contributed by atoms with Crippen molar-refractivity contribution in [2.45, 2.75) is 57.9 Å². The summed E-state index contributed by atoms with van der Waals surface area (Å²) in [6.07, 6.45) is -0.101. The molecule has 2 aromatic rings. The number of aliphatic hydroxyl groups excluding tert-OH is 1. The Morgan fingerprint density at radius 2 is 2.03 bits per heavy atom. The van der Waals surface area contributed by atoms with Gasteiger partial charge in [-0.1, -0.05) is 50.6 Å². The van der Waals surface area contributed by atoms with E-state index < -0.39 is 36.2 Å². The van der Waals surface area contributed by atoms with E-state index in [0.29, 0.717) is 23.5 Å². The molecule has 2 N–H and O–H groups in total. The second-order valence-electron chi connectivity index (χ2n) is 7.87. The first kappa shape index (κ1) is 23.9. The van der Waals surface area contributed by atoms with Crippen molar-refractivity contribution in [2.24, 2.45) is 10.9 Å². The van der Waals surface area contributed by atoms with Gasteiger partial charge in [0.05, 0.1) is 7.11 Å². The van der Waals surface area contributed by atoms with Gasteiger partial charge in [-0.2, -0.15) is 0 Å². The van der Waals surface area contributed by atoms with Gasteiger partial charge < -0.3 is 19.9 Å². The lowest BCUT2D eigenvalue weighted by Gasteiger charge is -2.23. The molecule has 0 aliphatic carbocycles. The van der Waals surface area contributed by atoms with Crippen molar-refractivity contribution in [3.8, 4) is 0 Å². The number of thiazole rings is 1. The number of aliphatic imine (C=N–C) groups is 1. The van der Waals surface area contributed by atoms with E-state index in [4.69, 9.17) is 9.47 Å². The highest BCUT2D eigenvalue weighted by Gasteiger charge is 2.37. The van der Waals surface area contributed by atoms with Gasteiger partial charge in [0.25, 0.3) is 0 Å². The van der Waals surface area contributed by atoms with Crippen LogP contribution in [0.15, 0.2) is 40.7 Å². The van der Waals surface area contributed by atoms with E-state index >= 15 is 0 Å². The smallest absolute Gasteiger partial charge is 0.328 e. The first-order valence-electron chi connectivity index (χ1n) is 10.6. The Morgan fingerprint density at radius 1 is 1.31 bits per heavy atom. The minimum Gasteiger partial charge on any atom is -0.470 e. The summed E-state index contributed by atoms with van der Waals surface area (Å²) in [4.78, 5) is 33.8. The lowest BCUT2D eigenvalue weighted by atomic mass is 9.98. The molecule has 1 amide bonds. The summed E-state index contributed by atoms with van der Waals surface area (Å²) in [6.45, 7) is 5.56. The maximum Gasteiger partial charge on any atom is 0.328 e. The molecule has 1 aliphatic heterocycles. The van der Waals surface area contributed by atoms with Gasteiger partial charge in [-0.05, 0) is 18.4 Å². The third-order valence-electron chi connectivity index (χ3n) is 5.53. The van der Waals surface area contributed by atoms with Crippen LogP contribution in [0.1, 0.15) is 49.6 Å². The number of carbonyl (C=O) groups is 2. The molecule has 1 aromatic carbocycles. The molecule has 32 heavy (non-hydrogen) atoms. The number of rotatable bonds is 9. The van der Waals surface area contributed by atoms with Gasteiger partial charge in [-0.3, -0.25) is 4.79 Å². The molecule has 8 nitrogen and oxygen atoms in total. The van der Waals surface area contributed by atoms with Crippen LogP contribution in [-0.2, 0) is 25.5 Å². The van der Waals surface area contributed by atoms with Gasteiger partial charge in [0, 0.05) is 11.8 Å². The average molecular weight is 460 g/mol. The average Bonchev–Trinajstić information content (AvgIpc) is 3.44. The molecule has 0 unspecified atom stereocenters. The second-order valence-corrected chi connectivity index (χ2v) is 8.76. The number of hydrogen-bond acceptors (Lipinski definition) is 8. The van der Waals surface area contributed by atoms with E-state index in [1.165, 1.54) is 18.4 Å². The summed E-state index contributed by atoms with van der Waals surface area (Å²) < 4.78 is 10.6. The molecule has 0 fully saturated rings. The molecule has 5 atom stereocenters. The zero-order valence-electron chi connectivity index (χ0n) is 18.6. The summed E-state index contributed by atoms with van der Waals surface area (Å²) >= 11 is 1.32. The quantitative estimate of drug-likeness (QED) is 0.558. The normalized spacial score (nSPS) is 20.6. The van der Waals surface area contributed by atoms with Crippen molar-refractivity contribution in [2.75, 3.05) is 7.11 Å². The van der Waals surface area contributed by atoms with Crippen molar-refractivity contribution < 1.29 is 24.2 Å². The van der Waals surface area contributed by atoms with Crippen LogP contribution >= 0.6 is 11.3 Å². The predicted molar refractivity (Wildman–Crippen MR) is 121 cm³/mol. The van der Waals surface area contributed by atoms with Crippen LogP contribution in [0.5, 0.6) is 0 Å². The first-order valence-corrected chi connectivity index (χ1v) is 11.5. The summed E-state index contributed by atoms with van der Waals surface area (Å²) in [5.74, 6) is -0.715. The molecule has 0 saturated heterocycles. The SMILES string of the molecule is CC[C@@H](C)[C@H](NC(=O)[C@H]1N=C(c2csc([C@H](O)Cc3ccccc3)n2)O[C@H]1C)C(=O)OC. The van der Waals surface area contributed by atoms with E-state index in [1.54, 1.807) is 12.3 Å². The van der Waals surface area contributed by atoms with Crippen LogP contribution in [0.25, 0.3) is 0 Å². The summed E-state index contributed by atoms with van der Waals surface area (Å²) in [7, 11) is 1.30. The number of aliphatic hydroxyl groups is 1. The maximum absolute atomic E-state index is 12.8. The van der Waals surface area contributed by atoms with Crippen LogP contribution in [-0.4, -0.2) is 53.2 Å². The number of amides is 1. The van der Waals surface area contributed by atoms with Crippen LogP contribution in [0.4, 0.5) is 0 Å². The number of benzene rings is 1. The van der Waals surface area contributed by atoms with Crippen LogP contribution in [0.2, 0.25) is 0 Å². The highest BCUT2D eigenvalue weighted by atomic mass is 32.1. The van der Waals surface area contributed by atoms with Crippen LogP contribution in [0.3, 0.4) is 0 Å². The standard InChI is InChI=1S/C23H29N3O5S/c1-5-13(2)18(23(29)30-4)25-20(28)19-14(3)31-21(26-19)16-12-32-22(24-16)17(27)11-15-9-7-6-8-10-15/h6-10,12-14,17-19,27H,5,11H2,1-4H3,(H,25,28)/t13-,14+,17-,18+,19+/m1/s1. The number of esters is 1. The first-order chi connectivity index (χ1) is 15.3. The molecule has 0 spiro atoms. The maximum atomic E-state index is 12.8. The van der Waals surface area contributed by atoms with E-state index in [1.807, 2.05) is 44.2 Å². The number of carbonyl (C=O) groups excluding carboxylic acids is 2. The fourth-order valence-electron chi connectivity index (χ4n) is 3.40. The molecule has 1 aliphatic rings. The molecule has 1 aromatic heterocycles. The number of nitrogens with zero attached hydrogens (tertiary/aromatic N) is 2. The van der Waals surface area contributed by atoms with E-state index in [9.17, 15) is 14.7 Å². The van der Waals surface area contributed by atoms with Crippen LogP contribution in [0, 0.1) is 5.92 Å². The molecule has 0 bridgehead atoms. The molecule has 0 saturated carbocycles. The number of methoxy groups -OCH3 is 1. The van der Waals surface area contributed by atoms with Gasteiger partial charge in [-0.15, -0.1) is 11.3 Å². The van der Waals surface area contributed by atoms with E-state index in [0.717, 1.165) is 5.56 Å². The molecule has 9 heteroatoms. The molecule has 0 radical (unpaired) electrons. The Labute approximate surface area is 191 Å². The number of nitrogens with one attached hydrogen (secondary N) is 1.